The summed E-state index contributed by atoms with van der Waals surface area (Å²) in [6.45, 7) is 3.86. The van der Waals surface area contributed by atoms with Crippen LogP contribution < -0.4 is 14.2 Å². The minimum absolute atomic E-state index is 0.0501. The number of pyridine rings is 1. The van der Waals surface area contributed by atoms with E-state index in [0.29, 0.717) is 11.6 Å². The molecular weight excluding hydrogens is 364 g/mol. The van der Waals surface area contributed by atoms with E-state index in [1.54, 1.807) is 30.5 Å². The lowest BCUT2D eigenvalue weighted by molar-refractivity contribution is 0.138. The maximum atomic E-state index is 12.6. The number of sulfonamides is 1. The second-order valence-electron chi connectivity index (χ2n) is 7.02. The second kappa shape index (κ2) is 8.71. The van der Waals surface area contributed by atoms with Gasteiger partial charge in [-0.1, -0.05) is 6.07 Å². The Bertz CT molecular complexity index is 815. The maximum absolute atomic E-state index is 12.6. The zero-order chi connectivity index (χ0) is 19.3. The first-order valence-corrected chi connectivity index (χ1v) is 10.8. The minimum Gasteiger partial charge on any atom is -0.491 e. The Labute approximate surface area is 161 Å². The van der Waals surface area contributed by atoms with Crippen LogP contribution in [0, 0.1) is 0 Å². The maximum Gasteiger partial charge on any atom is 0.240 e. The first-order chi connectivity index (χ1) is 12.9. The molecule has 2 aromatic rings. The molecule has 0 radical (unpaired) electrons. The van der Waals surface area contributed by atoms with Gasteiger partial charge in [-0.25, -0.2) is 18.1 Å². The van der Waals surface area contributed by atoms with E-state index in [1.807, 2.05) is 32.0 Å². The Hall–Kier alpha value is -2.12. The topological polar surface area (TPSA) is 77.5 Å². The fourth-order valence-corrected chi connectivity index (χ4v) is 4.45. The van der Waals surface area contributed by atoms with E-state index < -0.39 is 10.0 Å². The van der Waals surface area contributed by atoms with Gasteiger partial charge in [-0.05, 0) is 69.9 Å². The first-order valence-electron chi connectivity index (χ1n) is 9.29. The summed E-state index contributed by atoms with van der Waals surface area (Å²) in [4.78, 5) is 4.43. The highest BCUT2D eigenvalue weighted by Crippen LogP contribution is 2.24. The van der Waals surface area contributed by atoms with Gasteiger partial charge >= 0.3 is 0 Å². The molecule has 1 fully saturated rings. The summed E-state index contributed by atoms with van der Waals surface area (Å²) in [5.41, 5.74) is 0. The van der Waals surface area contributed by atoms with Gasteiger partial charge in [0.25, 0.3) is 0 Å². The number of nitrogens with zero attached hydrogens (tertiary/aromatic N) is 1. The Kier molecular flexibility index (Phi) is 6.34. The van der Waals surface area contributed by atoms with Gasteiger partial charge in [0, 0.05) is 18.3 Å². The average Bonchev–Trinajstić information content (AvgIpc) is 2.64. The number of rotatable bonds is 7. The third-order valence-electron chi connectivity index (χ3n) is 4.43. The lowest BCUT2D eigenvalue weighted by atomic mass is 9.94. The quantitative estimate of drug-likeness (QED) is 0.782. The first kappa shape index (κ1) is 19.6. The lowest BCUT2D eigenvalue weighted by Gasteiger charge is -2.29. The van der Waals surface area contributed by atoms with Crippen molar-refractivity contribution in [2.45, 2.75) is 62.7 Å². The largest absolute Gasteiger partial charge is 0.491 e. The van der Waals surface area contributed by atoms with Gasteiger partial charge in [-0.3, -0.25) is 0 Å². The molecule has 0 saturated heterocycles. The Morgan fingerprint density at radius 1 is 1.04 bits per heavy atom. The van der Waals surface area contributed by atoms with Gasteiger partial charge in [-0.2, -0.15) is 0 Å². The highest BCUT2D eigenvalue weighted by Gasteiger charge is 2.26. The van der Waals surface area contributed by atoms with Crippen LogP contribution in [0.4, 0.5) is 0 Å². The van der Waals surface area contributed by atoms with Crippen LogP contribution in [-0.4, -0.2) is 31.7 Å². The van der Waals surface area contributed by atoms with Gasteiger partial charge < -0.3 is 9.47 Å². The second-order valence-corrected chi connectivity index (χ2v) is 8.73. The van der Waals surface area contributed by atoms with Crippen LogP contribution in [-0.2, 0) is 10.0 Å². The van der Waals surface area contributed by atoms with E-state index in [2.05, 4.69) is 9.71 Å². The number of ether oxygens (including phenoxy) is 2. The molecule has 1 N–H and O–H groups in total. The van der Waals surface area contributed by atoms with Crippen LogP contribution in [0.25, 0.3) is 0 Å². The third kappa shape index (κ3) is 5.68. The van der Waals surface area contributed by atoms with Gasteiger partial charge in [0.1, 0.15) is 11.9 Å². The third-order valence-corrected chi connectivity index (χ3v) is 5.96. The summed E-state index contributed by atoms with van der Waals surface area (Å²) in [5, 5.41) is 0. The van der Waals surface area contributed by atoms with Gasteiger partial charge in [-0.15, -0.1) is 0 Å². The van der Waals surface area contributed by atoms with Crippen LogP contribution in [0.15, 0.2) is 53.6 Å². The van der Waals surface area contributed by atoms with Crippen molar-refractivity contribution in [2.24, 2.45) is 0 Å². The van der Waals surface area contributed by atoms with Crippen LogP contribution >= 0.6 is 0 Å². The van der Waals surface area contributed by atoms with Crippen molar-refractivity contribution >= 4 is 10.0 Å². The van der Waals surface area contributed by atoms with Crippen LogP contribution in [0.5, 0.6) is 11.6 Å². The smallest absolute Gasteiger partial charge is 0.240 e. The van der Waals surface area contributed by atoms with Crippen molar-refractivity contribution in [1.82, 2.24) is 9.71 Å². The summed E-state index contributed by atoms with van der Waals surface area (Å²) in [7, 11) is -3.54. The van der Waals surface area contributed by atoms with Crippen molar-refractivity contribution in [1.29, 1.82) is 0 Å². The number of hydrogen-bond acceptors (Lipinski definition) is 5. The fourth-order valence-electron chi connectivity index (χ4n) is 3.14. The fraction of sp³-hybridized carbons (Fsp3) is 0.450. The van der Waals surface area contributed by atoms with E-state index in [0.717, 1.165) is 25.7 Å². The molecule has 27 heavy (non-hydrogen) atoms. The zero-order valence-corrected chi connectivity index (χ0v) is 16.5. The van der Waals surface area contributed by atoms with Gasteiger partial charge in [0.15, 0.2) is 0 Å². The molecule has 6 nitrogen and oxygen atoms in total. The van der Waals surface area contributed by atoms with E-state index >= 15 is 0 Å². The van der Waals surface area contributed by atoms with Crippen molar-refractivity contribution in [2.75, 3.05) is 0 Å². The van der Waals surface area contributed by atoms with Crippen LogP contribution in [0.3, 0.4) is 0 Å². The molecule has 146 valence electrons. The van der Waals surface area contributed by atoms with Crippen molar-refractivity contribution < 1.29 is 17.9 Å². The zero-order valence-electron chi connectivity index (χ0n) is 15.7. The van der Waals surface area contributed by atoms with E-state index in [-0.39, 0.29) is 23.1 Å². The highest BCUT2D eigenvalue weighted by atomic mass is 32.2. The molecule has 1 aromatic heterocycles. The predicted octanol–water partition coefficient (Wildman–Crippen LogP) is 3.54. The standard InChI is InChI=1S/C20H26N2O4S/c1-15(2)25-17-10-12-19(13-11-17)27(23,24)22-16-6-8-18(9-7-16)26-20-5-3-4-14-21-20/h3-5,10-16,18,22H,6-9H2,1-2H3. The molecule has 1 aromatic carbocycles. The molecule has 0 bridgehead atoms. The highest BCUT2D eigenvalue weighted by molar-refractivity contribution is 7.89. The van der Waals surface area contributed by atoms with Gasteiger partial charge in [0.2, 0.25) is 15.9 Å². The van der Waals surface area contributed by atoms with E-state index in [4.69, 9.17) is 9.47 Å². The SMILES string of the molecule is CC(C)Oc1ccc(S(=O)(=O)NC2CCC(Oc3ccccn3)CC2)cc1. The molecule has 0 atom stereocenters. The summed E-state index contributed by atoms with van der Waals surface area (Å²) in [5.74, 6) is 1.28. The van der Waals surface area contributed by atoms with E-state index in [1.165, 1.54) is 0 Å². The molecule has 1 aliphatic carbocycles. The molecule has 3 rings (SSSR count). The van der Waals surface area contributed by atoms with Crippen LogP contribution in [0.2, 0.25) is 0 Å². The number of benzene rings is 1. The Morgan fingerprint density at radius 2 is 1.74 bits per heavy atom. The summed E-state index contributed by atoms with van der Waals surface area (Å²) in [6.07, 6.45) is 4.90. The van der Waals surface area contributed by atoms with Crippen molar-refractivity contribution in [3.05, 3.63) is 48.7 Å². The monoisotopic (exact) mass is 390 g/mol. The molecule has 1 heterocycles. The van der Waals surface area contributed by atoms with Gasteiger partial charge in [0.05, 0.1) is 11.0 Å². The molecule has 0 amide bonds. The summed E-state index contributed by atoms with van der Waals surface area (Å²) in [6, 6.07) is 12.0. The van der Waals surface area contributed by atoms with Crippen LogP contribution in [0.1, 0.15) is 39.5 Å². The lowest BCUT2D eigenvalue weighted by Crippen LogP contribution is -2.39. The Balaban J connectivity index is 1.53. The number of hydrogen-bond donors (Lipinski definition) is 1. The summed E-state index contributed by atoms with van der Waals surface area (Å²) < 4.78 is 39.5. The van der Waals surface area contributed by atoms with E-state index in [9.17, 15) is 8.42 Å². The Morgan fingerprint density at radius 3 is 2.33 bits per heavy atom. The van der Waals surface area contributed by atoms with Crippen molar-refractivity contribution in [3.63, 3.8) is 0 Å². The average molecular weight is 391 g/mol. The molecule has 0 aliphatic heterocycles. The molecule has 7 heteroatoms. The normalized spacial score (nSPS) is 20.4. The molecule has 1 saturated carbocycles. The number of aromatic nitrogens is 1. The molecule has 0 spiro atoms. The number of nitrogens with one attached hydrogen (secondary N) is 1. The molecule has 0 unspecified atom stereocenters. The summed E-state index contributed by atoms with van der Waals surface area (Å²) >= 11 is 0. The minimum atomic E-state index is -3.54. The predicted molar refractivity (Wildman–Crippen MR) is 103 cm³/mol. The molecular formula is C20H26N2O4S. The van der Waals surface area contributed by atoms with Crippen molar-refractivity contribution in [3.8, 4) is 11.6 Å². The molecule has 1 aliphatic rings.